The number of aromatic nitrogens is 2. The van der Waals surface area contributed by atoms with Gasteiger partial charge >= 0.3 is 5.69 Å². The molecule has 0 spiro atoms. The molecule has 0 amide bonds. The zero-order valence-corrected chi connectivity index (χ0v) is 18.4. The van der Waals surface area contributed by atoms with E-state index in [-0.39, 0.29) is 11.4 Å². The molecule has 0 bridgehead atoms. The first kappa shape index (κ1) is 22.8. The Balaban J connectivity index is 2.01. The number of ether oxygens (including phenoxy) is 1. The minimum absolute atomic E-state index is 0.115. The normalized spacial score (nSPS) is 10.8. The van der Waals surface area contributed by atoms with Crippen molar-refractivity contribution in [1.82, 2.24) is 15.1 Å². The van der Waals surface area contributed by atoms with E-state index < -0.39 is 4.92 Å². The van der Waals surface area contributed by atoms with Crippen molar-refractivity contribution in [2.75, 3.05) is 19.7 Å². The Morgan fingerprint density at radius 3 is 2.81 bits per heavy atom. The summed E-state index contributed by atoms with van der Waals surface area (Å²) in [5.41, 5.74) is 2.60. The predicted octanol–water partition coefficient (Wildman–Crippen LogP) is 4.37. The highest BCUT2D eigenvalue weighted by Gasteiger charge is 2.19. The van der Waals surface area contributed by atoms with Crippen LogP contribution in [-0.2, 0) is 0 Å². The molecule has 0 atom stereocenters. The average Bonchev–Trinajstić information content (AvgIpc) is 3.23. The van der Waals surface area contributed by atoms with Gasteiger partial charge in [0.2, 0.25) is 0 Å². The Morgan fingerprint density at radius 1 is 1.34 bits per heavy atom. The molecule has 0 radical (unpaired) electrons. The van der Waals surface area contributed by atoms with Crippen molar-refractivity contribution in [3.8, 4) is 22.7 Å². The summed E-state index contributed by atoms with van der Waals surface area (Å²) < 4.78 is 7.11. The van der Waals surface area contributed by atoms with E-state index in [1.54, 1.807) is 36.0 Å². The smallest absolute Gasteiger partial charge is 0.311 e. The van der Waals surface area contributed by atoms with E-state index >= 15 is 0 Å². The molecule has 0 aliphatic heterocycles. The van der Waals surface area contributed by atoms with Crippen molar-refractivity contribution >= 4 is 29.1 Å². The van der Waals surface area contributed by atoms with E-state index in [0.717, 1.165) is 5.69 Å². The molecule has 0 fully saturated rings. The number of para-hydroxylation sites is 1. The number of nitrogens with one attached hydrogen (secondary N) is 1. The number of rotatable bonds is 10. The van der Waals surface area contributed by atoms with Gasteiger partial charge in [0.15, 0.2) is 5.75 Å². The van der Waals surface area contributed by atoms with Crippen molar-refractivity contribution in [3.63, 3.8) is 0 Å². The van der Waals surface area contributed by atoms with Gasteiger partial charge in [-0.3, -0.25) is 15.1 Å². The monoisotopic (exact) mass is 449 g/mol. The summed E-state index contributed by atoms with van der Waals surface area (Å²) in [4.78, 5) is 16.1. The third-order valence-corrected chi connectivity index (χ3v) is 4.67. The van der Waals surface area contributed by atoms with Gasteiger partial charge < -0.3 is 10.1 Å². The van der Waals surface area contributed by atoms with Crippen LogP contribution < -0.4 is 10.1 Å². The number of nitrogens with zero attached hydrogens (tertiary/aromatic N) is 4. The average molecular weight is 450 g/mol. The number of thiocarbonyl (C=S) groups is 1. The molecule has 1 aromatic heterocycles. The molecule has 3 rings (SSSR count). The largest absolute Gasteiger partial charge is 0.487 e. The zero-order chi connectivity index (χ0) is 22.9. The maximum Gasteiger partial charge on any atom is 0.311 e. The second-order valence-corrected chi connectivity index (χ2v) is 7.14. The van der Waals surface area contributed by atoms with Crippen LogP contribution in [-0.4, -0.2) is 45.6 Å². The summed E-state index contributed by atoms with van der Waals surface area (Å²) in [5.74, 6) is 0.220. The first-order valence-electron chi connectivity index (χ1n) is 9.97. The lowest BCUT2D eigenvalue weighted by molar-refractivity contribution is -0.385. The van der Waals surface area contributed by atoms with Crippen LogP contribution in [0, 0.1) is 10.1 Å². The van der Waals surface area contributed by atoms with Gasteiger partial charge in [-0.2, -0.15) is 5.10 Å². The molecule has 2 aromatic carbocycles. The Bertz CT molecular complexity index is 1140. The molecule has 0 aliphatic carbocycles. The fourth-order valence-electron chi connectivity index (χ4n) is 2.97. The Morgan fingerprint density at radius 2 is 2.12 bits per heavy atom. The quantitative estimate of drug-likeness (QED) is 0.162. The number of nitro groups is 1. The number of hydrogen-bond acceptors (Lipinski definition) is 6. The maximum absolute atomic E-state index is 11.6. The van der Waals surface area contributed by atoms with Gasteiger partial charge in [-0.15, -0.1) is 6.58 Å². The molecule has 0 saturated heterocycles. The van der Waals surface area contributed by atoms with Crippen LogP contribution >= 0.6 is 12.2 Å². The molecule has 0 aliphatic rings. The summed E-state index contributed by atoms with van der Waals surface area (Å²) in [6.07, 6.45) is 5.22. The van der Waals surface area contributed by atoms with Crippen LogP contribution in [0.2, 0.25) is 0 Å². The first-order chi connectivity index (χ1) is 15.5. The molecular formula is C23H23N5O3S. The Kier molecular flexibility index (Phi) is 7.82. The molecule has 3 aromatic rings. The van der Waals surface area contributed by atoms with E-state index in [0.29, 0.717) is 41.5 Å². The van der Waals surface area contributed by atoms with Crippen LogP contribution in [0.5, 0.6) is 5.75 Å². The minimum atomic E-state index is -0.458. The highest BCUT2D eigenvalue weighted by atomic mass is 32.1. The fraction of sp³-hybridized carbons (Fsp3) is 0.174. The molecule has 32 heavy (non-hydrogen) atoms. The number of benzene rings is 2. The molecule has 1 N–H and O–H groups in total. The Hall–Kier alpha value is -3.85. The zero-order valence-electron chi connectivity index (χ0n) is 17.6. The van der Waals surface area contributed by atoms with Crippen LogP contribution in [0.15, 0.2) is 72.4 Å². The molecule has 164 valence electrons. The van der Waals surface area contributed by atoms with Gasteiger partial charge in [0.05, 0.1) is 28.8 Å². The minimum Gasteiger partial charge on any atom is -0.487 e. The van der Waals surface area contributed by atoms with E-state index in [1.165, 1.54) is 6.07 Å². The van der Waals surface area contributed by atoms with E-state index in [4.69, 9.17) is 17.0 Å². The van der Waals surface area contributed by atoms with Gasteiger partial charge in [0, 0.05) is 36.1 Å². The van der Waals surface area contributed by atoms with Gasteiger partial charge in [-0.05, 0) is 31.2 Å². The number of nitro benzene ring substituents is 1. The third kappa shape index (κ3) is 5.64. The van der Waals surface area contributed by atoms with Crippen molar-refractivity contribution in [3.05, 3.63) is 83.1 Å². The highest BCUT2D eigenvalue weighted by Crippen LogP contribution is 2.33. The maximum atomic E-state index is 11.6. The molecule has 0 saturated carbocycles. The molecular weight excluding hydrogens is 426 g/mol. The van der Waals surface area contributed by atoms with E-state index in [9.17, 15) is 10.1 Å². The van der Waals surface area contributed by atoms with Crippen molar-refractivity contribution in [2.45, 2.75) is 6.92 Å². The molecule has 0 unspecified atom stereocenters. The van der Waals surface area contributed by atoms with Crippen molar-refractivity contribution in [1.29, 1.82) is 0 Å². The lowest BCUT2D eigenvalue weighted by atomic mass is 10.1. The van der Waals surface area contributed by atoms with E-state index in [2.05, 4.69) is 22.0 Å². The fourth-order valence-corrected chi connectivity index (χ4v) is 3.13. The van der Waals surface area contributed by atoms with Crippen molar-refractivity contribution in [2.24, 2.45) is 4.99 Å². The SMILES string of the molecule is C=CCNC(=S)CN=Cc1cn(-c2ccccc2)nc1-c1ccc(OCC)c([N+](=O)[O-])c1. The van der Waals surface area contributed by atoms with Gasteiger partial charge in [-0.25, -0.2) is 4.68 Å². The van der Waals surface area contributed by atoms with E-state index in [1.807, 2.05) is 36.5 Å². The first-order valence-corrected chi connectivity index (χ1v) is 10.4. The third-order valence-electron chi connectivity index (χ3n) is 4.40. The summed E-state index contributed by atoms with van der Waals surface area (Å²) in [6, 6.07) is 14.4. The lowest BCUT2D eigenvalue weighted by Gasteiger charge is -2.06. The summed E-state index contributed by atoms with van der Waals surface area (Å²) in [7, 11) is 0. The molecule has 8 nitrogen and oxygen atoms in total. The predicted molar refractivity (Wildman–Crippen MR) is 130 cm³/mol. The van der Waals surface area contributed by atoms with Gasteiger partial charge in [-0.1, -0.05) is 36.5 Å². The number of aliphatic imine (C=N–C) groups is 1. The van der Waals surface area contributed by atoms with Crippen molar-refractivity contribution < 1.29 is 9.66 Å². The second-order valence-electron chi connectivity index (χ2n) is 6.65. The Labute approximate surface area is 191 Å². The highest BCUT2D eigenvalue weighted by molar-refractivity contribution is 7.80. The standard InChI is InChI=1S/C23H23N5O3S/c1-3-12-25-22(32)15-24-14-18-16-27(19-8-6-5-7-9-19)26-23(18)17-10-11-21(31-4-2)20(13-17)28(29)30/h3,5-11,13-14,16H,1,4,12,15H2,2H3,(H,25,32). The summed E-state index contributed by atoms with van der Waals surface area (Å²) >= 11 is 5.25. The van der Waals surface area contributed by atoms with Crippen LogP contribution in [0.1, 0.15) is 12.5 Å². The van der Waals surface area contributed by atoms with Crippen LogP contribution in [0.25, 0.3) is 16.9 Å². The molecule has 9 heteroatoms. The van der Waals surface area contributed by atoms with Gasteiger partial charge in [0.1, 0.15) is 5.69 Å². The number of hydrogen-bond donors (Lipinski definition) is 1. The lowest BCUT2D eigenvalue weighted by Crippen LogP contribution is -2.23. The topological polar surface area (TPSA) is 94.6 Å². The summed E-state index contributed by atoms with van der Waals surface area (Å²) in [6.45, 7) is 6.64. The van der Waals surface area contributed by atoms with Gasteiger partial charge in [0.25, 0.3) is 0 Å². The van der Waals surface area contributed by atoms with Crippen LogP contribution in [0.4, 0.5) is 5.69 Å². The van der Waals surface area contributed by atoms with Crippen LogP contribution in [0.3, 0.4) is 0 Å². The summed E-state index contributed by atoms with van der Waals surface area (Å²) in [5, 5.41) is 19.3. The molecule has 1 heterocycles. The second kappa shape index (κ2) is 11.0.